The largest absolute Gasteiger partial charge is 0.456 e. The van der Waals surface area contributed by atoms with Crippen molar-refractivity contribution in [3.63, 3.8) is 0 Å². The van der Waals surface area contributed by atoms with Gasteiger partial charge in [0, 0.05) is 16.3 Å². The van der Waals surface area contributed by atoms with Crippen molar-refractivity contribution in [2.75, 3.05) is 0 Å². The Morgan fingerprint density at radius 2 is 0.836 bits per heavy atom. The molecular formula is C54H34O. The van der Waals surface area contributed by atoms with Crippen LogP contribution in [0.2, 0.25) is 0 Å². The van der Waals surface area contributed by atoms with E-state index in [9.17, 15) is 0 Å². The molecule has 256 valence electrons. The Morgan fingerprint density at radius 3 is 1.55 bits per heavy atom. The van der Waals surface area contributed by atoms with Crippen LogP contribution in [0.4, 0.5) is 0 Å². The Kier molecular flexibility index (Phi) is 6.14. The first-order chi connectivity index (χ1) is 29.4. The maximum absolute atomic E-state index is 9.00. The van der Waals surface area contributed by atoms with Crippen LogP contribution < -0.4 is 0 Å². The van der Waals surface area contributed by atoms with Gasteiger partial charge in [0.1, 0.15) is 11.2 Å². The Bertz CT molecular complexity index is 3460. The van der Waals surface area contributed by atoms with Crippen LogP contribution in [-0.2, 0) is 0 Å². The van der Waals surface area contributed by atoms with Gasteiger partial charge >= 0.3 is 0 Å². The second kappa shape index (κ2) is 12.7. The van der Waals surface area contributed by atoms with Crippen molar-refractivity contribution in [1.82, 2.24) is 0 Å². The molecule has 0 aliphatic rings. The zero-order valence-corrected chi connectivity index (χ0v) is 29.7. The van der Waals surface area contributed by atoms with Gasteiger partial charge in [-0.1, -0.05) is 182 Å². The molecule has 0 spiro atoms. The maximum atomic E-state index is 9.00. The first-order valence-electron chi connectivity index (χ1n) is 21.0. The van der Waals surface area contributed by atoms with Gasteiger partial charge < -0.3 is 4.42 Å². The Hall–Kier alpha value is -7.22. The van der Waals surface area contributed by atoms with E-state index in [1.807, 2.05) is 54.6 Å². The fourth-order valence-electron chi connectivity index (χ4n) is 8.64. The summed E-state index contributed by atoms with van der Waals surface area (Å²) in [4.78, 5) is 0. The van der Waals surface area contributed by atoms with Crippen LogP contribution in [0.3, 0.4) is 0 Å². The molecule has 0 saturated carbocycles. The second-order valence-corrected chi connectivity index (χ2v) is 14.0. The highest BCUT2D eigenvalue weighted by Crippen LogP contribution is 2.49. The Labute approximate surface area is 326 Å². The Balaban J connectivity index is 1.21. The van der Waals surface area contributed by atoms with Crippen LogP contribution in [-0.4, -0.2) is 0 Å². The normalized spacial score (nSPS) is 12.9. The van der Waals surface area contributed by atoms with Crippen LogP contribution in [0.5, 0.6) is 0 Å². The average Bonchev–Trinajstić information content (AvgIpc) is 3.69. The molecule has 10 aromatic carbocycles. The summed E-state index contributed by atoms with van der Waals surface area (Å²) in [7, 11) is 0. The van der Waals surface area contributed by atoms with Gasteiger partial charge in [0.15, 0.2) is 0 Å². The molecule has 0 N–H and O–H groups in total. The summed E-state index contributed by atoms with van der Waals surface area (Å²) >= 11 is 0. The fraction of sp³-hybridized carbons (Fsp3) is 0. The summed E-state index contributed by atoms with van der Waals surface area (Å²) in [5.41, 5.74) is 11.2. The van der Waals surface area contributed by atoms with E-state index in [-0.39, 0.29) is 29.7 Å². The van der Waals surface area contributed by atoms with Crippen LogP contribution in [0, 0.1) is 0 Å². The molecule has 0 aliphatic carbocycles. The van der Waals surface area contributed by atoms with E-state index >= 15 is 0 Å². The van der Waals surface area contributed by atoms with Crippen molar-refractivity contribution < 1.29 is 11.3 Å². The first kappa shape index (κ1) is 26.5. The molecule has 0 fully saturated rings. The molecule has 11 aromatic rings. The number of benzene rings is 10. The molecule has 0 aliphatic heterocycles. The second-order valence-electron chi connectivity index (χ2n) is 14.0. The van der Waals surface area contributed by atoms with Gasteiger partial charge in [-0.25, -0.2) is 0 Å². The number of fused-ring (bicyclic) bond motifs is 6. The highest BCUT2D eigenvalue weighted by Gasteiger charge is 2.22. The molecule has 0 amide bonds. The molecular weight excluding hydrogens is 665 g/mol. The number of furan rings is 1. The van der Waals surface area contributed by atoms with E-state index < -0.39 is 6.04 Å². The van der Waals surface area contributed by atoms with Crippen molar-refractivity contribution in [3.05, 3.63) is 206 Å². The van der Waals surface area contributed by atoms with Gasteiger partial charge in [-0.2, -0.15) is 0 Å². The zero-order chi connectivity index (χ0) is 40.6. The van der Waals surface area contributed by atoms with Crippen LogP contribution in [0.15, 0.2) is 211 Å². The van der Waals surface area contributed by atoms with Crippen molar-refractivity contribution in [3.8, 4) is 55.6 Å². The lowest BCUT2D eigenvalue weighted by Crippen LogP contribution is -1.93. The third kappa shape index (κ3) is 5.01. The summed E-state index contributed by atoms with van der Waals surface area (Å²) in [5.74, 6) is 0. The minimum absolute atomic E-state index is 0.200. The van der Waals surface area contributed by atoms with Crippen LogP contribution in [0.1, 0.15) is 6.85 Å². The predicted molar refractivity (Wildman–Crippen MR) is 233 cm³/mol. The third-order valence-electron chi connectivity index (χ3n) is 11.0. The Morgan fingerprint density at radius 1 is 0.309 bits per heavy atom. The molecule has 0 saturated heterocycles. The summed E-state index contributed by atoms with van der Waals surface area (Å²) < 4.78 is 49.9. The van der Waals surface area contributed by atoms with Crippen LogP contribution in [0.25, 0.3) is 110 Å². The summed E-state index contributed by atoms with van der Waals surface area (Å²) in [6.45, 7) is 0. The van der Waals surface area contributed by atoms with Crippen molar-refractivity contribution in [2.24, 2.45) is 0 Å². The van der Waals surface area contributed by atoms with Gasteiger partial charge in [-0.3, -0.25) is 0 Å². The van der Waals surface area contributed by atoms with Crippen LogP contribution >= 0.6 is 0 Å². The lowest BCUT2D eigenvalue weighted by Gasteiger charge is -2.20. The van der Waals surface area contributed by atoms with E-state index in [0.717, 1.165) is 98.8 Å². The standard InChI is InChI=1S/C54H34O/c1-3-16-35(17-4-1)37-20-15-21-38(34-37)52-46(32-33-50-54(52)48-28-13-14-29-49(48)55-50)41-30-31-47(40-23-8-7-22-39(40)41)53-44-26-11-9-24-42(44)51(36-18-5-2-6-19-36)43-25-10-12-27-45(43)53/h1-34H/i2D,5D,6D,18D,19D. The van der Waals surface area contributed by atoms with E-state index in [1.165, 1.54) is 0 Å². The molecule has 1 aromatic heterocycles. The minimum Gasteiger partial charge on any atom is -0.456 e. The molecule has 55 heavy (non-hydrogen) atoms. The molecule has 0 bridgehead atoms. The molecule has 0 unspecified atom stereocenters. The average molecular weight is 704 g/mol. The lowest BCUT2D eigenvalue weighted by atomic mass is 9.83. The van der Waals surface area contributed by atoms with E-state index in [0.29, 0.717) is 5.56 Å². The predicted octanol–water partition coefficient (Wildman–Crippen LogP) is 15.4. The fourth-order valence-corrected chi connectivity index (χ4v) is 8.64. The molecule has 0 radical (unpaired) electrons. The molecule has 0 atom stereocenters. The molecule has 1 heterocycles. The van der Waals surface area contributed by atoms with Gasteiger partial charge in [0.2, 0.25) is 0 Å². The third-order valence-corrected chi connectivity index (χ3v) is 11.0. The summed E-state index contributed by atoms with van der Waals surface area (Å²) in [5, 5.41) is 7.79. The number of hydrogen-bond donors (Lipinski definition) is 0. The summed E-state index contributed by atoms with van der Waals surface area (Å²) in [6, 6.07) is 59.3. The van der Waals surface area contributed by atoms with Crippen molar-refractivity contribution in [1.29, 1.82) is 0 Å². The smallest absolute Gasteiger partial charge is 0.136 e. The van der Waals surface area contributed by atoms with Crippen molar-refractivity contribution >= 4 is 54.3 Å². The van der Waals surface area contributed by atoms with E-state index in [4.69, 9.17) is 11.3 Å². The molecule has 1 nitrogen and oxygen atoms in total. The SMILES string of the molecule is [2H]c1c([2H])c([2H])c(-c2c3ccccc3c(-c3ccc(-c4ccc5oc6ccccc6c5c4-c4cccc(-c5ccccc5)c4)c4ccccc34)c3ccccc23)c([2H])c1[2H]. The first-order valence-corrected chi connectivity index (χ1v) is 18.5. The topological polar surface area (TPSA) is 13.1 Å². The number of rotatable bonds is 5. The quantitative estimate of drug-likeness (QED) is 0.163. The summed E-state index contributed by atoms with van der Waals surface area (Å²) in [6.07, 6.45) is 0. The van der Waals surface area contributed by atoms with Gasteiger partial charge in [-0.15, -0.1) is 0 Å². The van der Waals surface area contributed by atoms with Gasteiger partial charge in [0.25, 0.3) is 0 Å². The zero-order valence-electron chi connectivity index (χ0n) is 34.7. The van der Waals surface area contributed by atoms with Gasteiger partial charge in [-0.05, 0) is 107 Å². The monoisotopic (exact) mass is 703 g/mol. The van der Waals surface area contributed by atoms with E-state index in [1.54, 1.807) is 0 Å². The molecule has 1 heteroatoms. The van der Waals surface area contributed by atoms with Gasteiger partial charge in [0.05, 0.1) is 6.85 Å². The molecule has 11 rings (SSSR count). The van der Waals surface area contributed by atoms with Crippen molar-refractivity contribution in [2.45, 2.75) is 0 Å². The highest BCUT2D eigenvalue weighted by molar-refractivity contribution is 6.25. The maximum Gasteiger partial charge on any atom is 0.136 e. The number of para-hydroxylation sites is 1. The minimum atomic E-state index is -0.405. The van der Waals surface area contributed by atoms with E-state index in [2.05, 4.69) is 121 Å². The lowest BCUT2D eigenvalue weighted by molar-refractivity contribution is 0.669. The highest BCUT2D eigenvalue weighted by atomic mass is 16.3. The number of hydrogen-bond acceptors (Lipinski definition) is 1.